The lowest BCUT2D eigenvalue weighted by Crippen LogP contribution is -2.70. The number of anilines is 1. The molecule has 4 atom stereocenters. The van der Waals surface area contributed by atoms with E-state index >= 15 is 0 Å². The van der Waals surface area contributed by atoms with Crippen LogP contribution >= 0.6 is 0 Å². The first-order chi connectivity index (χ1) is 12.0. The number of fused-ring (bicyclic) bond motifs is 3. The fourth-order valence-electron chi connectivity index (χ4n) is 5.15. The van der Waals surface area contributed by atoms with Gasteiger partial charge in [0.05, 0.1) is 5.56 Å². The monoisotopic (exact) mass is 339 g/mol. The number of benzene rings is 1. The lowest BCUT2D eigenvalue weighted by atomic mass is 9.51. The van der Waals surface area contributed by atoms with Gasteiger partial charge in [-0.05, 0) is 43.2 Å². The molecule has 1 heterocycles. The van der Waals surface area contributed by atoms with E-state index in [-0.39, 0.29) is 29.1 Å². The van der Waals surface area contributed by atoms with Crippen LogP contribution in [0.25, 0.3) is 0 Å². The molecule has 1 spiro atoms. The summed E-state index contributed by atoms with van der Waals surface area (Å²) >= 11 is 0. The topological polar surface area (TPSA) is 70.2 Å². The molecule has 3 N–H and O–H groups in total. The molecular formula is C20H25N3O2. The van der Waals surface area contributed by atoms with Crippen molar-refractivity contribution in [3.8, 4) is 0 Å². The maximum absolute atomic E-state index is 12.7. The van der Waals surface area contributed by atoms with Crippen molar-refractivity contribution in [2.75, 3.05) is 11.9 Å². The summed E-state index contributed by atoms with van der Waals surface area (Å²) in [5.74, 6) is 0.349. The summed E-state index contributed by atoms with van der Waals surface area (Å²) in [5.41, 5.74) is 1.04. The molecule has 1 aromatic rings. The number of amides is 2. The maximum Gasteiger partial charge on any atom is 0.255 e. The Morgan fingerprint density at radius 3 is 2.96 bits per heavy atom. The molecule has 2 bridgehead atoms. The predicted octanol–water partition coefficient (Wildman–Crippen LogP) is 2.67. The summed E-state index contributed by atoms with van der Waals surface area (Å²) in [6, 6.07) is 7.65. The van der Waals surface area contributed by atoms with Gasteiger partial charge in [0.1, 0.15) is 5.66 Å². The minimum atomic E-state index is -0.437. The normalized spacial score (nSPS) is 35.5. The standard InChI is InChI=1S/C20H25N3O2/c1-3-10-21-18(25)15-11-13-8-9-19(15,2)12-20(13)22-16-7-5-4-6-14(16)17(24)23-20/h3-7,13,15,22H,1,8-12H2,2H3,(H,21,25)(H,23,24)/t13-,15-,19+,20-/m1/s1. The fraction of sp³-hybridized carbons (Fsp3) is 0.500. The van der Waals surface area contributed by atoms with E-state index in [4.69, 9.17) is 0 Å². The SMILES string of the molecule is C=CCNC(=O)[C@H]1C[C@H]2CC[C@@]1(C)C[C@@]21NC(=O)c2ccccc2N1. The Kier molecular flexibility index (Phi) is 3.63. The van der Waals surface area contributed by atoms with Gasteiger partial charge in [0.25, 0.3) is 5.91 Å². The van der Waals surface area contributed by atoms with Crippen molar-refractivity contribution in [2.24, 2.45) is 17.3 Å². The first kappa shape index (κ1) is 16.2. The molecule has 0 saturated heterocycles. The van der Waals surface area contributed by atoms with Crippen molar-refractivity contribution in [1.82, 2.24) is 10.6 Å². The molecule has 4 aliphatic rings. The fourth-order valence-corrected chi connectivity index (χ4v) is 5.15. The van der Waals surface area contributed by atoms with Crippen molar-refractivity contribution in [3.05, 3.63) is 42.5 Å². The number of carbonyl (C=O) groups excluding carboxylic acids is 2. The van der Waals surface area contributed by atoms with Crippen LogP contribution in [0, 0.1) is 17.3 Å². The second kappa shape index (κ2) is 5.61. The number of para-hydroxylation sites is 1. The average Bonchev–Trinajstić information content (AvgIpc) is 2.59. The zero-order valence-corrected chi connectivity index (χ0v) is 14.6. The van der Waals surface area contributed by atoms with Crippen molar-refractivity contribution < 1.29 is 9.59 Å². The van der Waals surface area contributed by atoms with E-state index in [0.717, 1.165) is 31.4 Å². The number of rotatable bonds is 3. The smallest absolute Gasteiger partial charge is 0.255 e. The average molecular weight is 339 g/mol. The van der Waals surface area contributed by atoms with Gasteiger partial charge >= 0.3 is 0 Å². The van der Waals surface area contributed by atoms with E-state index in [0.29, 0.717) is 12.1 Å². The summed E-state index contributed by atoms with van der Waals surface area (Å²) in [5, 5.41) is 9.83. The van der Waals surface area contributed by atoms with Gasteiger partial charge in [-0.3, -0.25) is 9.59 Å². The summed E-state index contributed by atoms with van der Waals surface area (Å²) in [6.07, 6.45) is 5.33. The summed E-state index contributed by atoms with van der Waals surface area (Å²) < 4.78 is 0. The second-order valence-electron chi connectivity index (χ2n) is 7.98. The largest absolute Gasteiger partial charge is 0.362 e. The zero-order valence-electron chi connectivity index (χ0n) is 14.6. The molecule has 5 heteroatoms. The highest BCUT2D eigenvalue weighted by Gasteiger charge is 2.60. The van der Waals surface area contributed by atoms with Gasteiger partial charge in [0.2, 0.25) is 5.91 Å². The molecule has 0 unspecified atom stereocenters. The van der Waals surface area contributed by atoms with Crippen LogP contribution in [0.4, 0.5) is 5.69 Å². The Labute approximate surface area is 148 Å². The van der Waals surface area contributed by atoms with Gasteiger partial charge in [-0.25, -0.2) is 0 Å². The molecule has 1 aliphatic heterocycles. The van der Waals surface area contributed by atoms with Crippen LogP contribution < -0.4 is 16.0 Å². The minimum Gasteiger partial charge on any atom is -0.362 e. The molecule has 2 amide bonds. The van der Waals surface area contributed by atoms with Gasteiger partial charge in [-0.1, -0.05) is 25.1 Å². The van der Waals surface area contributed by atoms with Crippen LogP contribution in [0.5, 0.6) is 0 Å². The van der Waals surface area contributed by atoms with E-state index in [1.54, 1.807) is 6.08 Å². The van der Waals surface area contributed by atoms with Crippen molar-refractivity contribution in [3.63, 3.8) is 0 Å². The van der Waals surface area contributed by atoms with Gasteiger partial charge in [0.15, 0.2) is 0 Å². The quantitative estimate of drug-likeness (QED) is 0.742. The molecule has 3 saturated carbocycles. The molecule has 0 aromatic heterocycles. The molecule has 5 rings (SSSR count). The highest BCUT2D eigenvalue weighted by atomic mass is 16.2. The Hall–Kier alpha value is -2.30. The van der Waals surface area contributed by atoms with Crippen LogP contribution in [0.15, 0.2) is 36.9 Å². The summed E-state index contributed by atoms with van der Waals surface area (Å²) in [6.45, 7) is 6.36. The van der Waals surface area contributed by atoms with Crippen molar-refractivity contribution in [2.45, 2.75) is 38.3 Å². The van der Waals surface area contributed by atoms with E-state index < -0.39 is 5.66 Å². The van der Waals surface area contributed by atoms with Crippen molar-refractivity contribution >= 4 is 17.5 Å². The first-order valence-corrected chi connectivity index (χ1v) is 9.06. The number of nitrogens with one attached hydrogen (secondary N) is 3. The van der Waals surface area contributed by atoms with Gasteiger partial charge in [-0.2, -0.15) is 0 Å². The lowest BCUT2D eigenvalue weighted by Gasteiger charge is -2.60. The molecular weight excluding hydrogens is 314 g/mol. The Bertz CT molecular complexity index is 746. The summed E-state index contributed by atoms with van der Waals surface area (Å²) in [4.78, 5) is 25.3. The number of hydrogen-bond donors (Lipinski definition) is 3. The van der Waals surface area contributed by atoms with Gasteiger partial charge in [0, 0.05) is 24.1 Å². The third kappa shape index (κ3) is 2.44. The van der Waals surface area contributed by atoms with Crippen LogP contribution in [0.1, 0.15) is 43.0 Å². The molecule has 25 heavy (non-hydrogen) atoms. The summed E-state index contributed by atoms with van der Waals surface area (Å²) in [7, 11) is 0. The van der Waals surface area contributed by atoms with Crippen LogP contribution in [0.3, 0.4) is 0 Å². The van der Waals surface area contributed by atoms with Gasteiger partial charge in [-0.15, -0.1) is 6.58 Å². The third-order valence-electron chi connectivity index (χ3n) is 6.41. The van der Waals surface area contributed by atoms with E-state index in [1.165, 1.54) is 0 Å². The van der Waals surface area contributed by atoms with Crippen LogP contribution in [-0.4, -0.2) is 24.0 Å². The predicted molar refractivity (Wildman–Crippen MR) is 97.0 cm³/mol. The number of hydrogen-bond acceptors (Lipinski definition) is 3. The second-order valence-corrected chi connectivity index (χ2v) is 7.98. The molecule has 5 nitrogen and oxygen atoms in total. The Morgan fingerprint density at radius 1 is 1.40 bits per heavy atom. The third-order valence-corrected chi connectivity index (χ3v) is 6.41. The Balaban J connectivity index is 1.63. The lowest BCUT2D eigenvalue weighted by molar-refractivity contribution is -0.139. The minimum absolute atomic E-state index is 0.00676. The van der Waals surface area contributed by atoms with Gasteiger partial charge < -0.3 is 16.0 Å². The molecule has 3 fully saturated rings. The van der Waals surface area contributed by atoms with E-state index in [9.17, 15) is 9.59 Å². The van der Waals surface area contributed by atoms with Crippen LogP contribution in [-0.2, 0) is 4.79 Å². The molecule has 3 aliphatic carbocycles. The highest BCUT2D eigenvalue weighted by molar-refractivity contribution is 6.02. The van der Waals surface area contributed by atoms with E-state index in [1.807, 2.05) is 24.3 Å². The first-order valence-electron chi connectivity index (χ1n) is 9.06. The molecule has 132 valence electrons. The zero-order chi connectivity index (χ0) is 17.7. The number of carbonyl (C=O) groups is 2. The maximum atomic E-state index is 12.7. The highest BCUT2D eigenvalue weighted by Crippen LogP contribution is 2.58. The van der Waals surface area contributed by atoms with E-state index in [2.05, 4.69) is 29.5 Å². The van der Waals surface area contributed by atoms with Crippen molar-refractivity contribution in [1.29, 1.82) is 0 Å². The molecule has 0 radical (unpaired) electrons. The molecule has 1 aromatic carbocycles. The Morgan fingerprint density at radius 2 is 2.20 bits per heavy atom. The van der Waals surface area contributed by atoms with Crippen LogP contribution in [0.2, 0.25) is 0 Å².